The third-order valence-corrected chi connectivity index (χ3v) is 4.48. The van der Waals surface area contributed by atoms with Crippen LogP contribution in [0.4, 0.5) is 0 Å². The van der Waals surface area contributed by atoms with Gasteiger partial charge in [-0.2, -0.15) is 5.10 Å². The molecule has 2 rings (SSSR count). The van der Waals surface area contributed by atoms with E-state index in [0.29, 0.717) is 0 Å². The fraction of sp³-hybridized carbons (Fsp3) is 0.471. The third-order valence-electron chi connectivity index (χ3n) is 3.99. The van der Waals surface area contributed by atoms with Crippen LogP contribution in [0.2, 0.25) is 5.02 Å². The molecule has 3 nitrogen and oxygen atoms in total. The van der Waals surface area contributed by atoms with E-state index in [2.05, 4.69) is 48.5 Å². The van der Waals surface area contributed by atoms with Crippen LogP contribution in [0.1, 0.15) is 42.4 Å². The molecule has 1 heterocycles. The van der Waals surface area contributed by atoms with Gasteiger partial charge in [0.05, 0.1) is 16.4 Å². The fourth-order valence-electron chi connectivity index (χ4n) is 2.63. The van der Waals surface area contributed by atoms with Crippen LogP contribution in [0.5, 0.6) is 0 Å². The van der Waals surface area contributed by atoms with Crippen LogP contribution in [0.25, 0.3) is 0 Å². The lowest BCUT2D eigenvalue weighted by Gasteiger charge is -2.18. The second kappa shape index (κ2) is 7.10. The minimum Gasteiger partial charge on any atom is -0.313 e. The van der Waals surface area contributed by atoms with Crippen LogP contribution in [0.15, 0.2) is 24.3 Å². The Hall–Kier alpha value is -1.32. The summed E-state index contributed by atoms with van der Waals surface area (Å²) in [5.74, 6) is 0. The van der Waals surface area contributed by atoms with E-state index in [1.54, 1.807) is 0 Å². The SMILES string of the molecule is CCc1ccc(C(Cc2c(Cl)c(C)nn2CC)NC)cc1. The van der Waals surface area contributed by atoms with Crippen molar-refractivity contribution in [1.82, 2.24) is 15.1 Å². The molecular formula is C17H24ClN3. The van der Waals surface area contributed by atoms with E-state index in [-0.39, 0.29) is 6.04 Å². The molecule has 0 aliphatic heterocycles. The van der Waals surface area contributed by atoms with Crippen molar-refractivity contribution in [2.75, 3.05) is 7.05 Å². The highest BCUT2D eigenvalue weighted by Gasteiger charge is 2.18. The summed E-state index contributed by atoms with van der Waals surface area (Å²) in [6.45, 7) is 7.07. The second-order valence-corrected chi connectivity index (χ2v) is 5.68. The van der Waals surface area contributed by atoms with Gasteiger partial charge in [0.15, 0.2) is 0 Å². The van der Waals surface area contributed by atoms with Gasteiger partial charge in [-0.25, -0.2) is 0 Å². The maximum Gasteiger partial charge on any atom is 0.0847 e. The molecule has 1 aromatic heterocycles. The first-order valence-corrected chi connectivity index (χ1v) is 7.96. The van der Waals surface area contributed by atoms with E-state index in [0.717, 1.165) is 35.8 Å². The van der Waals surface area contributed by atoms with Gasteiger partial charge >= 0.3 is 0 Å². The van der Waals surface area contributed by atoms with Crippen LogP contribution < -0.4 is 5.32 Å². The highest BCUT2D eigenvalue weighted by Crippen LogP contribution is 2.26. The van der Waals surface area contributed by atoms with Gasteiger partial charge in [0, 0.05) is 19.0 Å². The average Bonchev–Trinajstić information content (AvgIpc) is 2.80. The lowest BCUT2D eigenvalue weighted by molar-refractivity contribution is 0.541. The van der Waals surface area contributed by atoms with Crippen molar-refractivity contribution < 1.29 is 0 Å². The Morgan fingerprint density at radius 3 is 2.43 bits per heavy atom. The van der Waals surface area contributed by atoms with E-state index in [9.17, 15) is 0 Å². The quantitative estimate of drug-likeness (QED) is 0.876. The molecule has 0 fully saturated rings. The van der Waals surface area contributed by atoms with E-state index in [1.165, 1.54) is 11.1 Å². The van der Waals surface area contributed by atoms with Gasteiger partial charge in [-0.05, 0) is 38.4 Å². The number of nitrogens with one attached hydrogen (secondary N) is 1. The molecule has 114 valence electrons. The summed E-state index contributed by atoms with van der Waals surface area (Å²) in [5, 5.41) is 8.68. The minimum absolute atomic E-state index is 0.245. The molecule has 0 amide bonds. The number of aryl methyl sites for hydroxylation is 3. The Labute approximate surface area is 132 Å². The molecule has 0 spiro atoms. The fourth-order valence-corrected chi connectivity index (χ4v) is 2.84. The highest BCUT2D eigenvalue weighted by molar-refractivity contribution is 6.31. The molecule has 1 N–H and O–H groups in total. The first-order valence-electron chi connectivity index (χ1n) is 7.58. The molecule has 0 bridgehead atoms. The number of hydrogen-bond acceptors (Lipinski definition) is 2. The summed E-state index contributed by atoms with van der Waals surface area (Å²) in [6, 6.07) is 9.04. The highest BCUT2D eigenvalue weighted by atomic mass is 35.5. The van der Waals surface area contributed by atoms with Crippen molar-refractivity contribution >= 4 is 11.6 Å². The molecule has 0 aliphatic rings. The number of halogens is 1. The van der Waals surface area contributed by atoms with Gasteiger partial charge in [-0.3, -0.25) is 4.68 Å². The first kappa shape index (κ1) is 16.1. The van der Waals surface area contributed by atoms with Gasteiger partial charge in [-0.1, -0.05) is 42.8 Å². The number of nitrogens with zero attached hydrogens (tertiary/aromatic N) is 2. The second-order valence-electron chi connectivity index (χ2n) is 5.30. The molecule has 1 atom stereocenters. The normalized spacial score (nSPS) is 12.6. The first-order chi connectivity index (χ1) is 10.1. The smallest absolute Gasteiger partial charge is 0.0847 e. The monoisotopic (exact) mass is 305 g/mol. The van der Waals surface area contributed by atoms with Crippen LogP contribution in [0.3, 0.4) is 0 Å². The van der Waals surface area contributed by atoms with Gasteiger partial charge in [0.25, 0.3) is 0 Å². The van der Waals surface area contributed by atoms with Crippen LogP contribution >= 0.6 is 11.6 Å². The molecule has 21 heavy (non-hydrogen) atoms. The molecule has 0 radical (unpaired) electrons. The van der Waals surface area contributed by atoms with Gasteiger partial charge in [-0.15, -0.1) is 0 Å². The Morgan fingerprint density at radius 2 is 1.90 bits per heavy atom. The average molecular weight is 306 g/mol. The molecular weight excluding hydrogens is 282 g/mol. The lowest BCUT2D eigenvalue weighted by atomic mass is 10.00. The van der Waals surface area contributed by atoms with Crippen molar-refractivity contribution in [3.05, 3.63) is 51.8 Å². The Balaban J connectivity index is 2.26. The maximum absolute atomic E-state index is 6.42. The van der Waals surface area contributed by atoms with E-state index >= 15 is 0 Å². The van der Waals surface area contributed by atoms with Crippen molar-refractivity contribution in [3.63, 3.8) is 0 Å². The molecule has 1 unspecified atom stereocenters. The van der Waals surface area contributed by atoms with E-state index in [1.807, 2.05) is 18.7 Å². The van der Waals surface area contributed by atoms with Gasteiger partial charge < -0.3 is 5.32 Å². The predicted molar refractivity (Wildman–Crippen MR) is 89.0 cm³/mol. The van der Waals surface area contributed by atoms with Crippen LogP contribution in [-0.4, -0.2) is 16.8 Å². The number of aromatic nitrogens is 2. The largest absolute Gasteiger partial charge is 0.313 e. The number of benzene rings is 1. The Bertz CT molecular complexity index is 587. The van der Waals surface area contributed by atoms with Crippen LogP contribution in [-0.2, 0) is 19.4 Å². The summed E-state index contributed by atoms with van der Waals surface area (Å²) in [5.41, 5.74) is 4.66. The van der Waals surface area contributed by atoms with Crippen molar-refractivity contribution in [2.45, 2.75) is 46.2 Å². The van der Waals surface area contributed by atoms with Gasteiger partial charge in [0.1, 0.15) is 0 Å². The van der Waals surface area contributed by atoms with E-state index < -0.39 is 0 Å². The topological polar surface area (TPSA) is 29.9 Å². The Morgan fingerprint density at radius 1 is 1.24 bits per heavy atom. The molecule has 4 heteroatoms. The summed E-state index contributed by atoms with van der Waals surface area (Å²) in [6.07, 6.45) is 1.91. The standard InChI is InChI=1S/C17H24ClN3/c1-5-13-7-9-14(10-8-13)15(19-4)11-16-17(18)12(3)20-21(16)6-2/h7-10,15,19H,5-6,11H2,1-4H3. The number of hydrogen-bond donors (Lipinski definition) is 1. The summed E-state index contributed by atoms with van der Waals surface area (Å²) >= 11 is 6.42. The Kier molecular flexibility index (Phi) is 5.43. The van der Waals surface area contributed by atoms with Crippen molar-refractivity contribution in [1.29, 1.82) is 0 Å². The molecule has 1 aromatic carbocycles. The van der Waals surface area contributed by atoms with Crippen LogP contribution in [0, 0.1) is 6.92 Å². The zero-order chi connectivity index (χ0) is 15.4. The summed E-state index contributed by atoms with van der Waals surface area (Å²) in [7, 11) is 1.99. The lowest BCUT2D eigenvalue weighted by Crippen LogP contribution is -2.20. The van der Waals surface area contributed by atoms with Crippen molar-refractivity contribution in [3.8, 4) is 0 Å². The number of rotatable bonds is 6. The molecule has 0 aliphatic carbocycles. The molecule has 0 saturated carbocycles. The zero-order valence-electron chi connectivity index (χ0n) is 13.3. The summed E-state index contributed by atoms with van der Waals surface area (Å²) < 4.78 is 2.00. The third kappa shape index (κ3) is 3.47. The van der Waals surface area contributed by atoms with Gasteiger partial charge in [0.2, 0.25) is 0 Å². The van der Waals surface area contributed by atoms with E-state index in [4.69, 9.17) is 11.6 Å². The zero-order valence-corrected chi connectivity index (χ0v) is 14.0. The number of likely N-dealkylation sites (N-methyl/N-ethyl adjacent to an activating group) is 1. The maximum atomic E-state index is 6.42. The summed E-state index contributed by atoms with van der Waals surface area (Å²) in [4.78, 5) is 0. The molecule has 0 saturated heterocycles. The van der Waals surface area contributed by atoms with Crippen molar-refractivity contribution in [2.24, 2.45) is 0 Å². The molecule has 2 aromatic rings. The minimum atomic E-state index is 0.245. The predicted octanol–water partition coefficient (Wildman–Crippen LogP) is 3.93.